The first-order valence-electron chi connectivity index (χ1n) is 4.30. The fourth-order valence-corrected chi connectivity index (χ4v) is 1.57. The van der Waals surface area contributed by atoms with Crippen LogP contribution in [0.5, 0.6) is 0 Å². The molecule has 1 radical (unpaired) electrons. The van der Waals surface area contributed by atoms with E-state index in [1.165, 1.54) is 0 Å². The van der Waals surface area contributed by atoms with Crippen molar-refractivity contribution in [2.45, 2.75) is 0 Å². The summed E-state index contributed by atoms with van der Waals surface area (Å²) in [7, 11) is 0. The number of nitrogens with zero attached hydrogens (tertiary/aromatic N) is 1. The third-order valence-electron chi connectivity index (χ3n) is 1.81. The zero-order valence-corrected chi connectivity index (χ0v) is 9.18. The van der Waals surface area contributed by atoms with Crippen LogP contribution < -0.4 is 0 Å². The van der Waals surface area contributed by atoms with E-state index < -0.39 is 0 Å². The average Bonchev–Trinajstić information content (AvgIpc) is 2.69. The van der Waals surface area contributed by atoms with E-state index >= 15 is 0 Å². The van der Waals surface area contributed by atoms with Crippen molar-refractivity contribution in [3.63, 3.8) is 0 Å². The molecule has 1 N–H and O–H groups in total. The van der Waals surface area contributed by atoms with Crippen molar-refractivity contribution < 1.29 is 0 Å². The molecule has 2 rings (SSSR count). The molecule has 4 heteroatoms. The van der Waals surface area contributed by atoms with E-state index in [1.807, 2.05) is 6.07 Å². The molecule has 0 unspecified atom stereocenters. The lowest BCUT2D eigenvalue weighted by Gasteiger charge is -1.97. The highest BCUT2D eigenvalue weighted by molar-refractivity contribution is 6.35. The Morgan fingerprint density at radius 1 is 1.33 bits per heavy atom. The van der Waals surface area contributed by atoms with Crippen LogP contribution in [0.4, 0.5) is 0 Å². The van der Waals surface area contributed by atoms with Gasteiger partial charge < -0.3 is 4.98 Å². The largest absolute Gasteiger partial charge is 0.345 e. The molecule has 0 aliphatic carbocycles. The standard InChI is InChI=1S/C11H7Cl2N2/c12-9-3-1-8(10(13)7-9)2-4-11-14-5-6-15-11/h1,3-7H,(H,14,15). The van der Waals surface area contributed by atoms with Crippen molar-refractivity contribution in [3.8, 4) is 0 Å². The van der Waals surface area contributed by atoms with Gasteiger partial charge in [-0.25, -0.2) is 4.98 Å². The molecule has 0 aliphatic rings. The van der Waals surface area contributed by atoms with Gasteiger partial charge in [-0.15, -0.1) is 0 Å². The number of rotatable bonds is 2. The van der Waals surface area contributed by atoms with Gasteiger partial charge >= 0.3 is 0 Å². The zero-order chi connectivity index (χ0) is 10.7. The van der Waals surface area contributed by atoms with Gasteiger partial charge in [-0.2, -0.15) is 0 Å². The summed E-state index contributed by atoms with van der Waals surface area (Å²) in [6.07, 6.45) is 8.19. The summed E-state index contributed by atoms with van der Waals surface area (Å²) >= 11 is 11.7. The SMILES string of the molecule is Clc1ccc(/[C]=C/c2ncc[nH]2)c(Cl)c1. The highest BCUT2D eigenvalue weighted by atomic mass is 35.5. The Bertz CT molecular complexity index is 475. The van der Waals surface area contributed by atoms with Gasteiger partial charge in [-0.1, -0.05) is 29.3 Å². The molecule has 0 fully saturated rings. The Morgan fingerprint density at radius 3 is 2.87 bits per heavy atom. The summed E-state index contributed by atoms with van der Waals surface area (Å²) < 4.78 is 0. The third kappa shape index (κ3) is 2.61. The first-order valence-corrected chi connectivity index (χ1v) is 5.05. The molecule has 1 aromatic heterocycles. The molecular weight excluding hydrogens is 231 g/mol. The molecule has 15 heavy (non-hydrogen) atoms. The lowest BCUT2D eigenvalue weighted by molar-refractivity contribution is 1.26. The number of hydrogen-bond donors (Lipinski definition) is 1. The van der Waals surface area contributed by atoms with E-state index in [-0.39, 0.29) is 0 Å². The predicted molar refractivity (Wildman–Crippen MR) is 61.9 cm³/mol. The second-order valence-electron chi connectivity index (χ2n) is 2.89. The number of aromatic amines is 1. The molecule has 0 saturated heterocycles. The lowest BCUT2D eigenvalue weighted by Crippen LogP contribution is -1.78. The van der Waals surface area contributed by atoms with Gasteiger partial charge in [0.25, 0.3) is 0 Å². The maximum Gasteiger partial charge on any atom is 0.130 e. The van der Waals surface area contributed by atoms with Crippen LogP contribution in [0.1, 0.15) is 11.4 Å². The van der Waals surface area contributed by atoms with Crippen molar-refractivity contribution in [2.24, 2.45) is 0 Å². The minimum absolute atomic E-state index is 0.574. The van der Waals surface area contributed by atoms with Crippen LogP contribution in [0.15, 0.2) is 30.6 Å². The van der Waals surface area contributed by atoms with Gasteiger partial charge in [0.05, 0.1) is 0 Å². The smallest absolute Gasteiger partial charge is 0.130 e. The van der Waals surface area contributed by atoms with Crippen molar-refractivity contribution in [2.75, 3.05) is 0 Å². The van der Waals surface area contributed by atoms with Crippen LogP contribution in [-0.4, -0.2) is 9.97 Å². The molecule has 0 atom stereocenters. The Hall–Kier alpha value is -1.25. The summed E-state index contributed by atoms with van der Waals surface area (Å²) in [5.74, 6) is 0.737. The molecule has 0 saturated carbocycles. The van der Waals surface area contributed by atoms with E-state index in [2.05, 4.69) is 16.0 Å². The molecule has 0 aliphatic heterocycles. The summed E-state index contributed by atoms with van der Waals surface area (Å²) in [6, 6.07) is 5.26. The lowest BCUT2D eigenvalue weighted by atomic mass is 10.2. The topological polar surface area (TPSA) is 28.7 Å². The minimum atomic E-state index is 0.574. The summed E-state index contributed by atoms with van der Waals surface area (Å²) in [5.41, 5.74) is 0.789. The fraction of sp³-hybridized carbons (Fsp3) is 0. The van der Waals surface area contributed by atoms with Crippen LogP contribution >= 0.6 is 23.2 Å². The van der Waals surface area contributed by atoms with Crippen LogP contribution in [0.2, 0.25) is 10.0 Å². The van der Waals surface area contributed by atoms with Gasteiger partial charge in [-0.3, -0.25) is 0 Å². The third-order valence-corrected chi connectivity index (χ3v) is 2.36. The predicted octanol–water partition coefficient (Wildman–Crippen LogP) is 3.58. The van der Waals surface area contributed by atoms with Gasteiger partial charge in [0.1, 0.15) is 5.82 Å². The van der Waals surface area contributed by atoms with Gasteiger partial charge in [0, 0.05) is 28.0 Å². The van der Waals surface area contributed by atoms with Crippen LogP contribution in [0.3, 0.4) is 0 Å². The minimum Gasteiger partial charge on any atom is -0.345 e. The number of nitrogens with one attached hydrogen (secondary N) is 1. The molecule has 75 valence electrons. The normalized spacial score (nSPS) is 11.1. The van der Waals surface area contributed by atoms with Crippen LogP contribution in [-0.2, 0) is 0 Å². The van der Waals surface area contributed by atoms with Gasteiger partial charge in [0.15, 0.2) is 0 Å². The highest BCUT2D eigenvalue weighted by Gasteiger charge is 1.97. The Morgan fingerprint density at radius 2 is 2.20 bits per heavy atom. The Labute approximate surface area is 97.6 Å². The molecule has 2 nitrogen and oxygen atoms in total. The summed E-state index contributed by atoms with van der Waals surface area (Å²) in [6.45, 7) is 0. The first-order chi connectivity index (χ1) is 7.25. The first kappa shape index (κ1) is 10.3. The van der Waals surface area contributed by atoms with Crippen LogP contribution in [0, 0.1) is 6.08 Å². The van der Waals surface area contributed by atoms with Crippen molar-refractivity contribution >= 4 is 29.3 Å². The van der Waals surface area contributed by atoms with E-state index in [0.717, 1.165) is 11.4 Å². The second kappa shape index (κ2) is 4.51. The quantitative estimate of drug-likeness (QED) is 0.850. The summed E-state index contributed by atoms with van der Waals surface area (Å²) in [5, 5.41) is 1.19. The zero-order valence-electron chi connectivity index (χ0n) is 7.67. The summed E-state index contributed by atoms with van der Waals surface area (Å²) in [4.78, 5) is 6.98. The van der Waals surface area contributed by atoms with Crippen molar-refractivity contribution in [3.05, 3.63) is 58.1 Å². The molecule has 1 heterocycles. The number of aromatic nitrogens is 2. The Kier molecular flexibility index (Phi) is 3.09. The van der Waals surface area contributed by atoms with E-state index in [4.69, 9.17) is 23.2 Å². The maximum absolute atomic E-state index is 5.97. The van der Waals surface area contributed by atoms with Gasteiger partial charge in [-0.05, 0) is 24.3 Å². The second-order valence-corrected chi connectivity index (χ2v) is 3.73. The van der Waals surface area contributed by atoms with Gasteiger partial charge in [0.2, 0.25) is 0 Å². The number of hydrogen-bond acceptors (Lipinski definition) is 1. The number of imidazole rings is 1. The van der Waals surface area contributed by atoms with E-state index in [9.17, 15) is 0 Å². The van der Waals surface area contributed by atoms with Crippen molar-refractivity contribution in [1.29, 1.82) is 0 Å². The van der Waals surface area contributed by atoms with Crippen LogP contribution in [0.25, 0.3) is 6.08 Å². The Balaban J connectivity index is 2.24. The molecule has 1 aromatic carbocycles. The fourth-order valence-electron chi connectivity index (χ4n) is 1.11. The van der Waals surface area contributed by atoms with Crippen molar-refractivity contribution in [1.82, 2.24) is 9.97 Å². The molecule has 0 bridgehead atoms. The average molecular weight is 238 g/mol. The number of halogens is 2. The number of benzene rings is 1. The molecule has 0 spiro atoms. The highest BCUT2D eigenvalue weighted by Crippen LogP contribution is 2.21. The number of H-pyrrole nitrogens is 1. The maximum atomic E-state index is 5.97. The van der Waals surface area contributed by atoms with E-state index in [1.54, 1.807) is 30.6 Å². The molecular formula is C11H7Cl2N2. The molecule has 2 aromatic rings. The van der Waals surface area contributed by atoms with E-state index in [0.29, 0.717) is 10.0 Å². The monoisotopic (exact) mass is 237 g/mol. The molecule has 0 amide bonds.